The number of carbonyl (C=O) groups excluding carboxylic acids is 3. The number of sulfonamides is 1. The first-order valence-corrected chi connectivity index (χ1v) is 17.1. The predicted molar refractivity (Wildman–Crippen MR) is 161 cm³/mol. The normalized spacial score (nSPS) is 24.3. The number of likely N-dealkylation sites (tertiary alicyclic amines) is 1. The van der Waals surface area contributed by atoms with E-state index in [-0.39, 0.29) is 29.1 Å². The minimum atomic E-state index is -3.58. The first kappa shape index (κ1) is 31.5. The second kappa shape index (κ2) is 12.4. The van der Waals surface area contributed by atoms with Crippen LogP contribution in [0.5, 0.6) is 0 Å². The van der Waals surface area contributed by atoms with Gasteiger partial charge in [-0.05, 0) is 64.2 Å². The lowest BCUT2D eigenvalue weighted by molar-refractivity contribution is -0.138. The first-order valence-electron chi connectivity index (χ1n) is 14.8. The predicted octanol–water partition coefficient (Wildman–Crippen LogP) is 3.84. The number of allylic oxidation sites excluding steroid dienone is 2. The molecule has 3 amide bonds. The van der Waals surface area contributed by atoms with Gasteiger partial charge in [0, 0.05) is 23.3 Å². The molecule has 1 aromatic rings. The number of hydrogen-bond donors (Lipinski definition) is 3. The summed E-state index contributed by atoms with van der Waals surface area (Å²) in [5.41, 5.74) is 6.45. The van der Waals surface area contributed by atoms with E-state index >= 15 is 0 Å². The molecule has 4 atom stereocenters. The SMILES string of the molecule is CC(C)(C)c1csc(N[C@@H](CCCCC/C=C\[C@@H]2C[C@@H]2C(=O)NS(=O)(=O)C2(C)CC2)C(=O)N2CCC[C@H]2C(N)=O)n1. The van der Waals surface area contributed by atoms with Crippen molar-refractivity contribution >= 4 is 44.2 Å². The Balaban J connectivity index is 1.23. The van der Waals surface area contributed by atoms with Gasteiger partial charge in [-0.2, -0.15) is 0 Å². The lowest BCUT2D eigenvalue weighted by Crippen LogP contribution is -2.49. The van der Waals surface area contributed by atoms with Crippen molar-refractivity contribution < 1.29 is 22.8 Å². The lowest BCUT2D eigenvalue weighted by Gasteiger charge is -2.27. The molecule has 2 aliphatic carbocycles. The molecule has 41 heavy (non-hydrogen) atoms. The summed E-state index contributed by atoms with van der Waals surface area (Å²) >= 11 is 1.48. The summed E-state index contributed by atoms with van der Waals surface area (Å²) in [7, 11) is -3.58. The van der Waals surface area contributed by atoms with Crippen molar-refractivity contribution in [2.45, 2.75) is 114 Å². The van der Waals surface area contributed by atoms with E-state index in [0.29, 0.717) is 43.8 Å². The van der Waals surface area contributed by atoms with E-state index in [1.807, 2.05) is 11.5 Å². The molecule has 0 bridgehead atoms. The number of carbonyl (C=O) groups is 3. The number of primary amides is 1. The Hall–Kier alpha value is -2.47. The third-order valence-corrected chi connectivity index (χ3v) is 11.4. The number of nitrogens with zero attached hydrogens (tertiary/aromatic N) is 2. The maximum Gasteiger partial charge on any atom is 0.245 e. The van der Waals surface area contributed by atoms with Gasteiger partial charge in [-0.1, -0.05) is 45.8 Å². The van der Waals surface area contributed by atoms with E-state index < -0.39 is 32.8 Å². The van der Waals surface area contributed by atoms with Gasteiger partial charge < -0.3 is 16.0 Å². The highest BCUT2D eigenvalue weighted by Crippen LogP contribution is 2.44. The standard InChI is InChI=1S/C29H45N5O5S2/c1-28(2,3)23-18-40-27(32-23)31-21(26(37)34-16-10-13-22(34)24(30)35)12-9-7-5-6-8-11-19-17-20(19)25(36)33-41(38,39)29(4)14-15-29/h8,11,18-22H,5-7,9-10,12-17H2,1-4H3,(H2,30,35)(H,31,32)(H,33,36)/b11-8-/t19-,20+,21+,22+/m1/s1. The van der Waals surface area contributed by atoms with Crippen molar-refractivity contribution in [1.82, 2.24) is 14.6 Å². The fourth-order valence-electron chi connectivity index (χ4n) is 5.18. The van der Waals surface area contributed by atoms with Gasteiger partial charge in [-0.25, -0.2) is 13.4 Å². The summed E-state index contributed by atoms with van der Waals surface area (Å²) in [6, 6.07) is -1.03. The van der Waals surface area contributed by atoms with Crippen LogP contribution < -0.4 is 15.8 Å². The molecule has 0 aromatic carbocycles. The molecule has 0 radical (unpaired) electrons. The zero-order valence-electron chi connectivity index (χ0n) is 24.6. The number of unbranched alkanes of at least 4 members (excludes halogenated alkanes) is 3. The van der Waals surface area contributed by atoms with Gasteiger partial charge >= 0.3 is 0 Å². The highest BCUT2D eigenvalue weighted by atomic mass is 32.2. The maximum absolute atomic E-state index is 13.5. The fraction of sp³-hybridized carbons (Fsp3) is 0.724. The van der Waals surface area contributed by atoms with Crippen LogP contribution in [0.15, 0.2) is 17.5 Å². The Labute approximate surface area is 248 Å². The van der Waals surface area contributed by atoms with Crippen LogP contribution in [0.25, 0.3) is 0 Å². The molecule has 4 N–H and O–H groups in total. The Morgan fingerprint density at radius 3 is 2.61 bits per heavy atom. The number of amides is 3. The Bertz CT molecular complexity index is 1260. The van der Waals surface area contributed by atoms with Gasteiger partial charge in [0.05, 0.1) is 10.4 Å². The van der Waals surface area contributed by atoms with Crippen LogP contribution >= 0.6 is 11.3 Å². The second-order valence-electron chi connectivity index (χ2n) is 13.1. The van der Waals surface area contributed by atoms with Crippen molar-refractivity contribution in [3.05, 3.63) is 23.2 Å². The molecule has 1 aromatic heterocycles. The zero-order valence-corrected chi connectivity index (χ0v) is 26.3. The topological polar surface area (TPSA) is 152 Å². The highest BCUT2D eigenvalue weighted by molar-refractivity contribution is 7.91. The number of thiazole rings is 1. The van der Waals surface area contributed by atoms with Gasteiger partial charge in [0.1, 0.15) is 12.1 Å². The minimum Gasteiger partial charge on any atom is -0.368 e. The van der Waals surface area contributed by atoms with Crippen LogP contribution in [0.4, 0.5) is 5.13 Å². The third-order valence-electron chi connectivity index (χ3n) is 8.49. The van der Waals surface area contributed by atoms with E-state index in [1.165, 1.54) is 11.3 Å². The summed E-state index contributed by atoms with van der Waals surface area (Å²) in [5.74, 6) is -1.12. The Morgan fingerprint density at radius 1 is 1.24 bits per heavy atom. The number of aromatic nitrogens is 1. The molecule has 3 aliphatic rings. The monoisotopic (exact) mass is 607 g/mol. The minimum absolute atomic E-state index is 0.0909. The summed E-state index contributed by atoms with van der Waals surface area (Å²) in [5, 5.41) is 6.06. The molecule has 2 saturated carbocycles. The van der Waals surface area contributed by atoms with Gasteiger partial charge in [0.2, 0.25) is 27.7 Å². The van der Waals surface area contributed by atoms with E-state index in [2.05, 4.69) is 36.9 Å². The molecule has 0 unspecified atom stereocenters. The fourth-order valence-corrected chi connectivity index (χ4v) is 7.47. The average molecular weight is 608 g/mol. The molecule has 228 valence electrons. The number of anilines is 1. The molecule has 0 spiro atoms. The molecule has 1 aliphatic heterocycles. The maximum atomic E-state index is 13.5. The number of nitrogens with two attached hydrogens (primary N) is 1. The van der Waals surface area contributed by atoms with E-state index in [0.717, 1.165) is 37.8 Å². The lowest BCUT2D eigenvalue weighted by atomic mass is 9.93. The van der Waals surface area contributed by atoms with Crippen molar-refractivity contribution in [2.75, 3.05) is 11.9 Å². The molecule has 10 nitrogen and oxygen atoms in total. The van der Waals surface area contributed by atoms with Gasteiger partial charge in [0.15, 0.2) is 5.13 Å². The van der Waals surface area contributed by atoms with Crippen LogP contribution in [0.2, 0.25) is 0 Å². The summed E-state index contributed by atoms with van der Waals surface area (Å²) in [6.07, 6.45) is 11.5. The number of rotatable bonds is 14. The van der Waals surface area contributed by atoms with Crippen molar-refractivity contribution in [3.8, 4) is 0 Å². The summed E-state index contributed by atoms with van der Waals surface area (Å²) < 4.78 is 26.0. The quantitative estimate of drug-likeness (QED) is 0.215. The summed E-state index contributed by atoms with van der Waals surface area (Å²) in [6.45, 7) is 8.51. The molecule has 1 saturated heterocycles. The Morgan fingerprint density at radius 2 is 1.98 bits per heavy atom. The van der Waals surface area contributed by atoms with Gasteiger partial charge in [-0.15, -0.1) is 11.3 Å². The zero-order chi connectivity index (χ0) is 30.0. The Kier molecular flexibility index (Phi) is 9.52. The first-order chi connectivity index (χ1) is 19.2. The van der Waals surface area contributed by atoms with Gasteiger partial charge in [-0.3, -0.25) is 19.1 Å². The molecule has 2 heterocycles. The van der Waals surface area contributed by atoms with Crippen LogP contribution in [-0.2, 0) is 29.8 Å². The second-order valence-corrected chi connectivity index (χ2v) is 16.1. The molecular formula is C29H45N5O5S2. The largest absolute Gasteiger partial charge is 0.368 e. The highest BCUT2D eigenvalue weighted by Gasteiger charge is 2.52. The third kappa shape index (κ3) is 7.88. The van der Waals surface area contributed by atoms with E-state index in [1.54, 1.807) is 11.8 Å². The van der Waals surface area contributed by atoms with Gasteiger partial charge in [0.25, 0.3) is 0 Å². The van der Waals surface area contributed by atoms with Crippen LogP contribution in [0.3, 0.4) is 0 Å². The number of hydrogen-bond acceptors (Lipinski definition) is 8. The smallest absolute Gasteiger partial charge is 0.245 e. The van der Waals surface area contributed by atoms with Crippen molar-refractivity contribution in [1.29, 1.82) is 0 Å². The van der Waals surface area contributed by atoms with Crippen molar-refractivity contribution in [2.24, 2.45) is 17.6 Å². The molecule has 4 rings (SSSR count). The van der Waals surface area contributed by atoms with E-state index in [4.69, 9.17) is 10.7 Å². The summed E-state index contributed by atoms with van der Waals surface area (Å²) in [4.78, 5) is 44.1. The van der Waals surface area contributed by atoms with Crippen LogP contribution in [-0.4, -0.2) is 59.4 Å². The average Bonchev–Trinajstić information content (AvgIpc) is 3.70. The van der Waals surface area contributed by atoms with E-state index in [9.17, 15) is 22.8 Å². The molecule has 12 heteroatoms. The van der Waals surface area contributed by atoms with Crippen LogP contribution in [0.1, 0.15) is 97.6 Å². The van der Waals surface area contributed by atoms with Crippen LogP contribution in [0, 0.1) is 11.8 Å². The molecule has 3 fully saturated rings. The molecular weight excluding hydrogens is 562 g/mol. The number of nitrogens with one attached hydrogen (secondary N) is 2. The van der Waals surface area contributed by atoms with Crippen molar-refractivity contribution in [3.63, 3.8) is 0 Å².